The van der Waals surface area contributed by atoms with Crippen molar-refractivity contribution in [2.24, 2.45) is 4.99 Å². The van der Waals surface area contributed by atoms with Gasteiger partial charge in [0.15, 0.2) is 12.6 Å². The number of hydrogen-bond donors (Lipinski definition) is 1. The SMILES string of the molecule is CN=C(NCc1cccnc1OCC(F)(F)F)N(C)CCOc1ccccc1.I. The van der Waals surface area contributed by atoms with Crippen LogP contribution in [0.5, 0.6) is 11.6 Å². The molecule has 0 atom stereocenters. The number of halogens is 4. The molecule has 160 valence electrons. The van der Waals surface area contributed by atoms with Gasteiger partial charge in [0, 0.05) is 32.4 Å². The van der Waals surface area contributed by atoms with Crippen LogP contribution < -0.4 is 14.8 Å². The Balaban J connectivity index is 0.00000420. The molecule has 10 heteroatoms. The van der Waals surface area contributed by atoms with E-state index in [-0.39, 0.29) is 36.4 Å². The fourth-order valence-electron chi connectivity index (χ4n) is 2.32. The van der Waals surface area contributed by atoms with Crippen molar-refractivity contribution in [2.45, 2.75) is 12.7 Å². The Morgan fingerprint density at radius 3 is 2.52 bits per heavy atom. The molecule has 0 amide bonds. The van der Waals surface area contributed by atoms with E-state index < -0.39 is 12.8 Å². The number of hydrogen-bond acceptors (Lipinski definition) is 4. The van der Waals surface area contributed by atoms with Crippen LogP contribution in [-0.4, -0.2) is 55.9 Å². The van der Waals surface area contributed by atoms with E-state index in [2.05, 4.69) is 15.3 Å². The molecule has 0 saturated carbocycles. The minimum absolute atomic E-state index is 0. The molecule has 1 aromatic carbocycles. The summed E-state index contributed by atoms with van der Waals surface area (Å²) in [7, 11) is 3.47. The first-order valence-electron chi connectivity index (χ1n) is 8.62. The third-order valence-corrected chi connectivity index (χ3v) is 3.67. The zero-order valence-corrected chi connectivity index (χ0v) is 18.5. The van der Waals surface area contributed by atoms with Crippen LogP contribution in [0.1, 0.15) is 5.56 Å². The summed E-state index contributed by atoms with van der Waals surface area (Å²) in [6.07, 6.45) is -3.03. The van der Waals surface area contributed by atoms with Gasteiger partial charge < -0.3 is 19.7 Å². The standard InChI is InChI=1S/C19H23F3N4O2.HI/c1-23-18(26(2)11-12-27-16-8-4-3-5-9-16)25-13-15-7-6-10-24-17(15)28-14-19(20,21)22;/h3-10H,11-14H2,1-2H3,(H,23,25);1H. The topological polar surface area (TPSA) is 59.0 Å². The van der Waals surface area contributed by atoms with E-state index in [0.29, 0.717) is 24.7 Å². The van der Waals surface area contributed by atoms with Crippen molar-refractivity contribution in [1.29, 1.82) is 0 Å². The molecule has 0 unspecified atom stereocenters. The molecule has 0 aliphatic carbocycles. The van der Waals surface area contributed by atoms with Gasteiger partial charge in [-0.05, 0) is 18.2 Å². The van der Waals surface area contributed by atoms with E-state index in [1.54, 1.807) is 19.2 Å². The molecule has 1 N–H and O–H groups in total. The number of nitrogens with one attached hydrogen (secondary N) is 1. The number of ether oxygens (including phenoxy) is 2. The molecule has 29 heavy (non-hydrogen) atoms. The molecule has 6 nitrogen and oxygen atoms in total. The summed E-state index contributed by atoms with van der Waals surface area (Å²) in [5.74, 6) is 1.29. The average molecular weight is 524 g/mol. The fourth-order valence-corrected chi connectivity index (χ4v) is 2.32. The largest absolute Gasteiger partial charge is 0.492 e. The Kier molecular flexibility index (Phi) is 10.6. The van der Waals surface area contributed by atoms with Gasteiger partial charge in [0.05, 0.1) is 6.54 Å². The lowest BCUT2D eigenvalue weighted by molar-refractivity contribution is -0.154. The second-order valence-electron chi connectivity index (χ2n) is 5.86. The summed E-state index contributed by atoms with van der Waals surface area (Å²) in [4.78, 5) is 9.91. The van der Waals surface area contributed by atoms with Crippen LogP contribution in [-0.2, 0) is 6.54 Å². The van der Waals surface area contributed by atoms with Crippen LogP contribution in [0.4, 0.5) is 13.2 Å². The Bertz CT molecular complexity index is 761. The van der Waals surface area contributed by atoms with E-state index in [4.69, 9.17) is 9.47 Å². The summed E-state index contributed by atoms with van der Waals surface area (Å²) >= 11 is 0. The van der Waals surface area contributed by atoms with Crippen LogP contribution >= 0.6 is 24.0 Å². The van der Waals surface area contributed by atoms with Gasteiger partial charge in [0.1, 0.15) is 12.4 Å². The van der Waals surface area contributed by atoms with Crippen molar-refractivity contribution >= 4 is 29.9 Å². The molecule has 0 fully saturated rings. The number of nitrogens with zero attached hydrogens (tertiary/aromatic N) is 3. The highest BCUT2D eigenvalue weighted by Crippen LogP contribution is 2.19. The number of rotatable bonds is 8. The number of benzene rings is 1. The molecule has 0 aliphatic rings. The Morgan fingerprint density at radius 2 is 1.86 bits per heavy atom. The van der Waals surface area contributed by atoms with Gasteiger partial charge >= 0.3 is 6.18 Å². The highest BCUT2D eigenvalue weighted by atomic mass is 127. The summed E-state index contributed by atoms with van der Waals surface area (Å²) in [5, 5.41) is 3.09. The van der Waals surface area contributed by atoms with Gasteiger partial charge in [-0.3, -0.25) is 4.99 Å². The molecule has 2 rings (SSSR count). The van der Waals surface area contributed by atoms with Gasteiger partial charge in [-0.1, -0.05) is 24.3 Å². The highest BCUT2D eigenvalue weighted by molar-refractivity contribution is 14.0. The summed E-state index contributed by atoms with van der Waals surface area (Å²) < 4.78 is 47.6. The van der Waals surface area contributed by atoms with Gasteiger partial charge in [0.2, 0.25) is 5.88 Å². The highest BCUT2D eigenvalue weighted by Gasteiger charge is 2.29. The zero-order valence-electron chi connectivity index (χ0n) is 16.1. The lowest BCUT2D eigenvalue weighted by Gasteiger charge is -2.22. The summed E-state index contributed by atoms with van der Waals surface area (Å²) in [6, 6.07) is 12.7. The Morgan fingerprint density at radius 1 is 1.14 bits per heavy atom. The Labute approximate surface area is 185 Å². The van der Waals surface area contributed by atoms with Gasteiger partial charge in [-0.15, -0.1) is 24.0 Å². The molecular formula is C19H24F3IN4O2. The Hall–Kier alpha value is -2.24. The molecule has 0 aliphatic heterocycles. The van der Waals surface area contributed by atoms with Crippen molar-refractivity contribution < 1.29 is 22.6 Å². The second-order valence-corrected chi connectivity index (χ2v) is 5.86. The smallest absolute Gasteiger partial charge is 0.422 e. The molecule has 2 aromatic rings. The number of pyridine rings is 1. The molecule has 0 bridgehead atoms. The quantitative estimate of drug-likeness (QED) is 0.324. The lowest BCUT2D eigenvalue weighted by atomic mass is 10.2. The van der Waals surface area contributed by atoms with Crippen LogP contribution in [0, 0.1) is 0 Å². The zero-order chi connectivity index (χ0) is 20.4. The summed E-state index contributed by atoms with van der Waals surface area (Å²) in [6.45, 7) is -0.146. The van der Waals surface area contributed by atoms with Crippen molar-refractivity contribution in [3.8, 4) is 11.6 Å². The normalized spacial score (nSPS) is 11.4. The number of guanidine groups is 1. The van der Waals surface area contributed by atoms with Crippen LogP contribution in [0.25, 0.3) is 0 Å². The molecule has 0 spiro atoms. The number of likely N-dealkylation sites (N-methyl/N-ethyl adjacent to an activating group) is 1. The van der Waals surface area contributed by atoms with Gasteiger partial charge in [-0.25, -0.2) is 4.98 Å². The maximum Gasteiger partial charge on any atom is 0.422 e. The maximum atomic E-state index is 12.4. The molecule has 1 heterocycles. The van der Waals surface area contributed by atoms with Crippen molar-refractivity contribution in [2.75, 3.05) is 33.9 Å². The van der Waals surface area contributed by atoms with E-state index in [9.17, 15) is 13.2 Å². The average Bonchev–Trinajstić information content (AvgIpc) is 2.68. The lowest BCUT2D eigenvalue weighted by Crippen LogP contribution is -2.40. The third kappa shape index (κ3) is 9.20. The molecular weight excluding hydrogens is 500 g/mol. The third-order valence-electron chi connectivity index (χ3n) is 3.67. The number of alkyl halides is 3. The first-order valence-corrected chi connectivity index (χ1v) is 8.62. The predicted octanol–water partition coefficient (Wildman–Crippen LogP) is 3.73. The monoisotopic (exact) mass is 524 g/mol. The number of aromatic nitrogens is 1. The van der Waals surface area contributed by atoms with Gasteiger partial charge in [0.25, 0.3) is 0 Å². The predicted molar refractivity (Wildman–Crippen MR) is 116 cm³/mol. The van der Waals surface area contributed by atoms with Crippen LogP contribution in [0.2, 0.25) is 0 Å². The van der Waals surface area contributed by atoms with Crippen molar-refractivity contribution in [3.63, 3.8) is 0 Å². The van der Waals surface area contributed by atoms with Crippen LogP contribution in [0.3, 0.4) is 0 Å². The second kappa shape index (κ2) is 12.3. The van der Waals surface area contributed by atoms with E-state index in [0.717, 1.165) is 5.75 Å². The first kappa shape index (κ1) is 24.8. The number of para-hydroxylation sites is 1. The maximum absolute atomic E-state index is 12.4. The van der Waals surface area contributed by atoms with Crippen LogP contribution in [0.15, 0.2) is 53.7 Å². The fraction of sp³-hybridized carbons (Fsp3) is 0.368. The number of aliphatic imine (C=N–C) groups is 1. The van der Waals surface area contributed by atoms with E-state index in [1.165, 1.54) is 6.20 Å². The van der Waals surface area contributed by atoms with E-state index >= 15 is 0 Å². The van der Waals surface area contributed by atoms with Crippen molar-refractivity contribution in [3.05, 3.63) is 54.2 Å². The van der Waals surface area contributed by atoms with E-state index in [1.807, 2.05) is 42.3 Å². The van der Waals surface area contributed by atoms with Gasteiger partial charge in [-0.2, -0.15) is 13.2 Å². The summed E-state index contributed by atoms with van der Waals surface area (Å²) in [5.41, 5.74) is 0.502. The minimum atomic E-state index is -4.42. The van der Waals surface area contributed by atoms with Crippen molar-refractivity contribution in [1.82, 2.24) is 15.2 Å². The molecule has 0 radical (unpaired) electrons. The minimum Gasteiger partial charge on any atom is -0.492 e. The molecule has 1 aromatic heterocycles. The first-order chi connectivity index (χ1) is 13.4. The molecule has 0 saturated heterocycles.